The summed E-state index contributed by atoms with van der Waals surface area (Å²) in [7, 11) is 0. The summed E-state index contributed by atoms with van der Waals surface area (Å²) in [5.41, 5.74) is 0.0123. The minimum Gasteiger partial charge on any atom is -0.365 e. The van der Waals surface area contributed by atoms with Gasteiger partial charge in [0.05, 0.1) is 18.9 Å². The summed E-state index contributed by atoms with van der Waals surface area (Å²) in [5.74, 6) is -3.28. The highest BCUT2D eigenvalue weighted by Crippen LogP contribution is 2.32. The third-order valence-electron chi connectivity index (χ3n) is 5.62. The predicted molar refractivity (Wildman–Crippen MR) is 113 cm³/mol. The first-order valence-electron chi connectivity index (χ1n) is 10.5. The summed E-state index contributed by atoms with van der Waals surface area (Å²) in [6, 6.07) is 5.04. The molecule has 1 unspecified atom stereocenters. The number of amides is 3. The van der Waals surface area contributed by atoms with Crippen LogP contribution in [-0.2, 0) is 11.0 Å². The van der Waals surface area contributed by atoms with Crippen LogP contribution in [0.2, 0.25) is 0 Å². The van der Waals surface area contributed by atoms with Gasteiger partial charge >= 0.3 is 12.2 Å². The van der Waals surface area contributed by atoms with Gasteiger partial charge in [0.25, 0.3) is 5.92 Å². The average Bonchev–Trinajstić information content (AvgIpc) is 3.15. The van der Waals surface area contributed by atoms with Gasteiger partial charge in [0.2, 0.25) is 5.91 Å². The highest BCUT2D eigenvalue weighted by atomic mass is 19.4. The highest BCUT2D eigenvalue weighted by Gasteiger charge is 2.38. The monoisotopic (exact) mass is 484 g/mol. The number of halogens is 5. The number of urea groups is 1. The number of nitrogens with zero attached hydrogens (tertiary/aromatic N) is 4. The zero-order valence-corrected chi connectivity index (χ0v) is 17.8. The molecule has 8 nitrogen and oxygen atoms in total. The van der Waals surface area contributed by atoms with Crippen molar-refractivity contribution >= 4 is 29.1 Å². The van der Waals surface area contributed by atoms with Crippen LogP contribution in [0.1, 0.15) is 25.0 Å². The topological polar surface area (TPSA) is 90.5 Å². The molecule has 0 aliphatic carbocycles. The van der Waals surface area contributed by atoms with Crippen molar-refractivity contribution in [3.63, 3.8) is 0 Å². The Morgan fingerprint density at radius 2 is 1.76 bits per heavy atom. The van der Waals surface area contributed by atoms with Crippen molar-refractivity contribution in [3.05, 3.63) is 42.4 Å². The zero-order chi connectivity index (χ0) is 24.5. The van der Waals surface area contributed by atoms with E-state index in [0.717, 1.165) is 6.20 Å². The molecule has 2 fully saturated rings. The fourth-order valence-corrected chi connectivity index (χ4v) is 3.91. The van der Waals surface area contributed by atoms with Crippen LogP contribution in [0.5, 0.6) is 0 Å². The molecule has 0 saturated carbocycles. The van der Waals surface area contributed by atoms with Crippen molar-refractivity contribution in [2.24, 2.45) is 0 Å². The summed E-state index contributed by atoms with van der Waals surface area (Å²) in [6.45, 7) is 0.322. The molecule has 2 N–H and O–H groups in total. The largest absolute Gasteiger partial charge is 0.434 e. The zero-order valence-electron chi connectivity index (χ0n) is 17.8. The molecule has 2 aromatic rings. The fraction of sp³-hybridized carbons (Fsp3) is 0.429. The third kappa shape index (κ3) is 5.34. The predicted octanol–water partition coefficient (Wildman–Crippen LogP) is 3.66. The second-order valence-electron chi connectivity index (χ2n) is 8.11. The highest BCUT2D eigenvalue weighted by molar-refractivity contribution is 6.01. The van der Waals surface area contributed by atoms with Gasteiger partial charge in [-0.3, -0.25) is 10.1 Å². The van der Waals surface area contributed by atoms with Crippen LogP contribution < -0.4 is 20.4 Å². The van der Waals surface area contributed by atoms with E-state index < -0.39 is 29.9 Å². The number of carbonyl (C=O) groups excluding carboxylic acids is 2. The third-order valence-corrected chi connectivity index (χ3v) is 5.62. The standard InChI is InChI=1S/C21H21F5N6O2/c22-20(23)7-9-31(12-20)13-3-5-14(6-4-13)32-8-1-2-15(18(32)33)29-19(34)30-17-11-27-16(10-28-17)21(24,25)26/h3-6,10-11,15H,1-2,7-9,12H2,(H2,28,29,30,34). The van der Waals surface area contributed by atoms with Crippen molar-refractivity contribution in [3.8, 4) is 0 Å². The number of piperidine rings is 1. The second-order valence-corrected chi connectivity index (χ2v) is 8.11. The minimum atomic E-state index is -4.65. The number of anilines is 3. The van der Waals surface area contributed by atoms with Crippen molar-refractivity contribution in [2.75, 3.05) is 34.8 Å². The number of nitrogens with one attached hydrogen (secondary N) is 2. The number of benzene rings is 1. The van der Waals surface area contributed by atoms with Gasteiger partial charge in [-0.2, -0.15) is 13.2 Å². The second kappa shape index (κ2) is 9.03. The molecule has 0 radical (unpaired) electrons. The van der Waals surface area contributed by atoms with Crippen LogP contribution in [0.25, 0.3) is 0 Å². The van der Waals surface area contributed by atoms with E-state index in [1.807, 2.05) is 0 Å². The number of hydrogen-bond acceptors (Lipinski definition) is 5. The average molecular weight is 484 g/mol. The number of hydrogen-bond donors (Lipinski definition) is 2. The lowest BCUT2D eigenvalue weighted by Crippen LogP contribution is -2.53. The molecule has 3 heterocycles. The van der Waals surface area contributed by atoms with Crippen LogP contribution in [0, 0.1) is 0 Å². The van der Waals surface area contributed by atoms with E-state index in [2.05, 4.69) is 20.6 Å². The molecule has 34 heavy (non-hydrogen) atoms. The van der Waals surface area contributed by atoms with Crippen LogP contribution >= 0.6 is 0 Å². The molecule has 0 spiro atoms. The SMILES string of the molecule is O=C(Nc1cnc(C(F)(F)F)cn1)NC1CCCN(c2ccc(N3CCC(F)(F)C3)cc2)C1=O. The Bertz CT molecular complexity index is 1050. The molecule has 2 aliphatic rings. The van der Waals surface area contributed by atoms with Crippen molar-refractivity contribution in [1.82, 2.24) is 15.3 Å². The van der Waals surface area contributed by atoms with E-state index in [-0.39, 0.29) is 31.2 Å². The molecule has 2 aliphatic heterocycles. The summed E-state index contributed by atoms with van der Waals surface area (Å²) >= 11 is 0. The van der Waals surface area contributed by atoms with Crippen molar-refractivity contribution in [1.29, 1.82) is 0 Å². The van der Waals surface area contributed by atoms with Gasteiger partial charge in [-0.15, -0.1) is 0 Å². The first-order valence-corrected chi connectivity index (χ1v) is 10.5. The first kappa shape index (κ1) is 23.6. The maximum atomic E-state index is 13.5. The summed E-state index contributed by atoms with van der Waals surface area (Å²) in [6.07, 6.45) is -2.61. The molecule has 2 saturated heterocycles. The molecule has 0 bridgehead atoms. The number of carbonyl (C=O) groups is 2. The smallest absolute Gasteiger partial charge is 0.365 e. The summed E-state index contributed by atoms with van der Waals surface area (Å²) < 4.78 is 64.6. The van der Waals surface area contributed by atoms with E-state index in [4.69, 9.17) is 0 Å². The van der Waals surface area contributed by atoms with E-state index >= 15 is 0 Å². The lowest BCUT2D eigenvalue weighted by molar-refractivity contribution is -0.141. The summed E-state index contributed by atoms with van der Waals surface area (Å²) in [5, 5.41) is 4.76. The van der Waals surface area contributed by atoms with Crippen LogP contribution in [0.15, 0.2) is 36.7 Å². The van der Waals surface area contributed by atoms with Crippen LogP contribution in [0.3, 0.4) is 0 Å². The van der Waals surface area contributed by atoms with Crippen molar-refractivity contribution in [2.45, 2.75) is 37.4 Å². The van der Waals surface area contributed by atoms with E-state index in [0.29, 0.717) is 37.0 Å². The lowest BCUT2D eigenvalue weighted by Gasteiger charge is -2.33. The number of alkyl halides is 5. The number of aromatic nitrogens is 2. The Hall–Kier alpha value is -3.51. The van der Waals surface area contributed by atoms with E-state index in [1.54, 1.807) is 29.2 Å². The van der Waals surface area contributed by atoms with Crippen LogP contribution in [0.4, 0.5) is 43.9 Å². The minimum absolute atomic E-state index is 0.200. The fourth-order valence-electron chi connectivity index (χ4n) is 3.91. The Morgan fingerprint density at radius 3 is 2.35 bits per heavy atom. The van der Waals surface area contributed by atoms with E-state index in [1.165, 1.54) is 4.90 Å². The van der Waals surface area contributed by atoms with Gasteiger partial charge in [-0.05, 0) is 37.1 Å². The van der Waals surface area contributed by atoms with Crippen molar-refractivity contribution < 1.29 is 31.5 Å². The Morgan fingerprint density at radius 1 is 1.06 bits per heavy atom. The molecule has 4 rings (SSSR count). The Balaban J connectivity index is 1.36. The molecule has 1 aromatic carbocycles. The van der Waals surface area contributed by atoms with Gasteiger partial charge < -0.3 is 15.1 Å². The molecule has 1 atom stereocenters. The van der Waals surface area contributed by atoms with Gasteiger partial charge in [0.1, 0.15) is 6.04 Å². The molecular weight excluding hydrogens is 463 g/mol. The van der Waals surface area contributed by atoms with Crippen LogP contribution in [-0.4, -0.2) is 53.5 Å². The van der Waals surface area contributed by atoms with E-state index in [9.17, 15) is 31.5 Å². The molecular formula is C21H21F5N6O2. The Kier molecular flexibility index (Phi) is 6.28. The lowest BCUT2D eigenvalue weighted by atomic mass is 10.0. The van der Waals surface area contributed by atoms with Gasteiger partial charge in [-0.1, -0.05) is 0 Å². The maximum absolute atomic E-state index is 13.5. The van der Waals surface area contributed by atoms with Gasteiger partial charge in [0, 0.05) is 30.9 Å². The van der Waals surface area contributed by atoms with Gasteiger partial charge in [0.15, 0.2) is 11.5 Å². The molecule has 182 valence electrons. The molecule has 13 heteroatoms. The number of rotatable bonds is 4. The quantitative estimate of drug-likeness (QED) is 0.647. The summed E-state index contributed by atoms with van der Waals surface area (Å²) in [4.78, 5) is 35.0. The Labute approximate surface area is 191 Å². The maximum Gasteiger partial charge on any atom is 0.434 e. The molecule has 3 amide bonds. The van der Waals surface area contributed by atoms with Gasteiger partial charge in [-0.25, -0.2) is 23.5 Å². The molecule has 1 aromatic heterocycles. The first-order chi connectivity index (χ1) is 16.0. The normalized spacial score (nSPS) is 20.4.